The fourth-order valence-corrected chi connectivity index (χ4v) is 2.41. The number of aryl methyl sites for hydroxylation is 2. The highest BCUT2D eigenvalue weighted by atomic mass is 79.9. The minimum absolute atomic E-state index is 0.925. The van der Waals surface area contributed by atoms with Gasteiger partial charge in [0.1, 0.15) is 5.82 Å². The first-order chi connectivity index (χ1) is 8.75. The molecule has 0 atom stereocenters. The van der Waals surface area contributed by atoms with E-state index in [1.807, 2.05) is 13.1 Å². The fourth-order valence-electron chi connectivity index (χ4n) is 1.81. The SMILES string of the molecule is Cc1cnc(NCCCc2ccccc2)c(Br)c1. The monoisotopic (exact) mass is 304 g/mol. The van der Waals surface area contributed by atoms with Gasteiger partial charge in [-0.3, -0.25) is 0 Å². The Morgan fingerprint density at radius 3 is 2.72 bits per heavy atom. The van der Waals surface area contributed by atoms with E-state index in [0.29, 0.717) is 0 Å². The summed E-state index contributed by atoms with van der Waals surface area (Å²) in [5, 5.41) is 3.35. The lowest BCUT2D eigenvalue weighted by molar-refractivity contribution is 0.858. The molecule has 0 saturated carbocycles. The average Bonchev–Trinajstić information content (AvgIpc) is 2.38. The van der Waals surface area contributed by atoms with Crippen molar-refractivity contribution >= 4 is 21.7 Å². The van der Waals surface area contributed by atoms with Gasteiger partial charge < -0.3 is 5.32 Å². The highest BCUT2D eigenvalue weighted by molar-refractivity contribution is 9.10. The molecule has 18 heavy (non-hydrogen) atoms. The maximum absolute atomic E-state index is 4.36. The lowest BCUT2D eigenvalue weighted by atomic mass is 10.1. The molecule has 1 heterocycles. The van der Waals surface area contributed by atoms with Crippen LogP contribution in [0.1, 0.15) is 17.5 Å². The molecular weight excluding hydrogens is 288 g/mol. The Labute approximate surface area is 117 Å². The summed E-state index contributed by atoms with van der Waals surface area (Å²) < 4.78 is 1.03. The third kappa shape index (κ3) is 3.84. The largest absolute Gasteiger partial charge is 0.369 e. The molecule has 0 unspecified atom stereocenters. The van der Waals surface area contributed by atoms with Crippen LogP contribution in [0.5, 0.6) is 0 Å². The fraction of sp³-hybridized carbons (Fsp3) is 0.267. The number of anilines is 1. The van der Waals surface area contributed by atoms with Crippen molar-refractivity contribution in [2.24, 2.45) is 0 Å². The van der Waals surface area contributed by atoms with Crippen LogP contribution in [0.25, 0.3) is 0 Å². The van der Waals surface area contributed by atoms with Gasteiger partial charge in [-0.05, 0) is 52.9 Å². The second-order valence-electron chi connectivity index (χ2n) is 4.36. The molecule has 0 amide bonds. The van der Waals surface area contributed by atoms with Gasteiger partial charge in [0, 0.05) is 12.7 Å². The molecule has 0 aliphatic heterocycles. The molecule has 0 spiro atoms. The van der Waals surface area contributed by atoms with Gasteiger partial charge in [-0.25, -0.2) is 4.98 Å². The molecule has 1 aromatic heterocycles. The molecule has 3 heteroatoms. The van der Waals surface area contributed by atoms with Gasteiger partial charge in [-0.1, -0.05) is 30.3 Å². The molecule has 2 aromatic rings. The second-order valence-corrected chi connectivity index (χ2v) is 5.21. The number of hydrogen-bond acceptors (Lipinski definition) is 2. The zero-order valence-corrected chi connectivity index (χ0v) is 12.1. The lowest BCUT2D eigenvalue weighted by Crippen LogP contribution is -2.05. The van der Waals surface area contributed by atoms with Crippen molar-refractivity contribution in [2.45, 2.75) is 19.8 Å². The lowest BCUT2D eigenvalue weighted by Gasteiger charge is -2.08. The standard InChI is InChI=1S/C15H17BrN2/c1-12-10-14(16)15(18-11-12)17-9-5-8-13-6-3-2-4-7-13/h2-4,6-7,10-11H,5,8-9H2,1H3,(H,17,18). The van der Waals surface area contributed by atoms with Crippen LogP contribution < -0.4 is 5.32 Å². The average molecular weight is 305 g/mol. The summed E-state index contributed by atoms with van der Waals surface area (Å²) in [7, 11) is 0. The van der Waals surface area contributed by atoms with Crippen molar-refractivity contribution in [1.29, 1.82) is 0 Å². The van der Waals surface area contributed by atoms with Gasteiger partial charge in [-0.15, -0.1) is 0 Å². The van der Waals surface area contributed by atoms with Gasteiger partial charge in [0.05, 0.1) is 4.47 Å². The zero-order valence-electron chi connectivity index (χ0n) is 10.5. The first-order valence-corrected chi connectivity index (χ1v) is 6.95. The Kier molecular flexibility index (Phi) is 4.76. The normalized spacial score (nSPS) is 10.3. The predicted octanol–water partition coefficient (Wildman–Crippen LogP) is 4.20. The van der Waals surface area contributed by atoms with Crippen LogP contribution in [0.15, 0.2) is 47.1 Å². The van der Waals surface area contributed by atoms with Gasteiger partial charge in [-0.2, -0.15) is 0 Å². The highest BCUT2D eigenvalue weighted by Crippen LogP contribution is 2.20. The van der Waals surface area contributed by atoms with Crippen molar-refractivity contribution in [3.63, 3.8) is 0 Å². The number of hydrogen-bond donors (Lipinski definition) is 1. The summed E-state index contributed by atoms with van der Waals surface area (Å²) in [6.45, 7) is 2.97. The van der Waals surface area contributed by atoms with E-state index < -0.39 is 0 Å². The van der Waals surface area contributed by atoms with Crippen molar-refractivity contribution in [2.75, 3.05) is 11.9 Å². The number of aromatic nitrogens is 1. The third-order valence-electron chi connectivity index (χ3n) is 2.76. The Bertz CT molecular complexity index is 497. The highest BCUT2D eigenvalue weighted by Gasteiger charge is 2.00. The molecule has 1 aromatic carbocycles. The Morgan fingerprint density at radius 1 is 1.22 bits per heavy atom. The number of pyridine rings is 1. The van der Waals surface area contributed by atoms with E-state index >= 15 is 0 Å². The molecule has 0 radical (unpaired) electrons. The Hall–Kier alpha value is -1.35. The van der Waals surface area contributed by atoms with E-state index in [9.17, 15) is 0 Å². The van der Waals surface area contributed by atoms with Gasteiger partial charge in [0.25, 0.3) is 0 Å². The van der Waals surface area contributed by atoms with Crippen LogP contribution in [0.2, 0.25) is 0 Å². The Morgan fingerprint density at radius 2 is 2.00 bits per heavy atom. The molecule has 0 aliphatic rings. The Balaban J connectivity index is 1.79. The summed E-state index contributed by atoms with van der Waals surface area (Å²) in [4.78, 5) is 4.36. The topological polar surface area (TPSA) is 24.9 Å². The van der Waals surface area contributed by atoms with Gasteiger partial charge >= 0.3 is 0 Å². The summed E-state index contributed by atoms with van der Waals surface area (Å²) in [6, 6.07) is 12.6. The van der Waals surface area contributed by atoms with Crippen LogP contribution >= 0.6 is 15.9 Å². The first-order valence-electron chi connectivity index (χ1n) is 6.15. The molecule has 2 nitrogen and oxygen atoms in total. The summed E-state index contributed by atoms with van der Waals surface area (Å²) in [6.07, 6.45) is 4.08. The van der Waals surface area contributed by atoms with Crippen molar-refractivity contribution in [3.8, 4) is 0 Å². The summed E-state index contributed by atoms with van der Waals surface area (Å²) >= 11 is 3.52. The number of benzene rings is 1. The van der Waals surface area contributed by atoms with Crippen LogP contribution in [-0.4, -0.2) is 11.5 Å². The molecule has 0 aliphatic carbocycles. The quantitative estimate of drug-likeness (QED) is 0.838. The van der Waals surface area contributed by atoms with Crippen molar-refractivity contribution in [3.05, 3.63) is 58.2 Å². The van der Waals surface area contributed by atoms with Crippen LogP contribution in [0.3, 0.4) is 0 Å². The number of nitrogens with one attached hydrogen (secondary N) is 1. The third-order valence-corrected chi connectivity index (χ3v) is 3.36. The van der Waals surface area contributed by atoms with Gasteiger partial charge in [0.2, 0.25) is 0 Å². The van der Waals surface area contributed by atoms with E-state index in [1.165, 1.54) is 5.56 Å². The van der Waals surface area contributed by atoms with E-state index in [-0.39, 0.29) is 0 Å². The molecular formula is C15H17BrN2. The van der Waals surface area contributed by atoms with E-state index in [0.717, 1.165) is 35.2 Å². The van der Waals surface area contributed by atoms with Gasteiger partial charge in [0.15, 0.2) is 0 Å². The summed E-state index contributed by atoms with van der Waals surface area (Å²) in [5.74, 6) is 0.925. The maximum atomic E-state index is 4.36. The van der Waals surface area contributed by atoms with E-state index in [2.05, 4.69) is 62.6 Å². The minimum Gasteiger partial charge on any atom is -0.369 e. The molecule has 2 rings (SSSR count). The summed E-state index contributed by atoms with van der Waals surface area (Å²) in [5.41, 5.74) is 2.55. The van der Waals surface area contributed by atoms with E-state index in [4.69, 9.17) is 0 Å². The smallest absolute Gasteiger partial charge is 0.140 e. The van der Waals surface area contributed by atoms with Crippen LogP contribution in [0.4, 0.5) is 5.82 Å². The minimum atomic E-state index is 0.925. The number of rotatable bonds is 5. The zero-order chi connectivity index (χ0) is 12.8. The van der Waals surface area contributed by atoms with E-state index in [1.54, 1.807) is 0 Å². The van der Waals surface area contributed by atoms with Crippen molar-refractivity contribution < 1.29 is 0 Å². The number of nitrogens with zero attached hydrogens (tertiary/aromatic N) is 1. The molecule has 1 N–H and O–H groups in total. The molecule has 0 saturated heterocycles. The maximum Gasteiger partial charge on any atom is 0.140 e. The van der Waals surface area contributed by atoms with Crippen LogP contribution in [-0.2, 0) is 6.42 Å². The molecule has 94 valence electrons. The number of halogens is 1. The van der Waals surface area contributed by atoms with Crippen LogP contribution in [0, 0.1) is 6.92 Å². The second kappa shape index (κ2) is 6.55. The first kappa shape index (κ1) is 13.1. The molecule has 0 fully saturated rings. The van der Waals surface area contributed by atoms with Crippen molar-refractivity contribution in [1.82, 2.24) is 4.98 Å². The predicted molar refractivity (Wildman–Crippen MR) is 79.9 cm³/mol. The molecule has 0 bridgehead atoms.